The van der Waals surface area contributed by atoms with Gasteiger partial charge >= 0.3 is 0 Å². The Morgan fingerprint density at radius 2 is 1.87 bits per heavy atom. The summed E-state index contributed by atoms with van der Waals surface area (Å²) in [6.07, 6.45) is 3.75. The molecular formula is C12H17N3. The Morgan fingerprint density at radius 3 is 2.47 bits per heavy atom. The standard InChI is InChI=1S/C12H17N3/c1-8(2)10-5-12-11(6-13-10)14-7-15(12)9(3)4/h5-9H,1-4H3. The lowest BCUT2D eigenvalue weighted by Crippen LogP contribution is -1.99. The number of imidazole rings is 1. The number of hydrogen-bond acceptors (Lipinski definition) is 2. The predicted octanol–water partition coefficient (Wildman–Crippen LogP) is 3.14. The van der Waals surface area contributed by atoms with E-state index >= 15 is 0 Å². The molecule has 0 bridgehead atoms. The van der Waals surface area contributed by atoms with Crippen molar-refractivity contribution in [1.29, 1.82) is 0 Å². The number of rotatable bonds is 2. The van der Waals surface area contributed by atoms with Crippen LogP contribution in [-0.4, -0.2) is 14.5 Å². The van der Waals surface area contributed by atoms with Gasteiger partial charge in [-0.15, -0.1) is 0 Å². The van der Waals surface area contributed by atoms with E-state index in [-0.39, 0.29) is 0 Å². The molecule has 15 heavy (non-hydrogen) atoms. The third-order valence-electron chi connectivity index (χ3n) is 2.63. The molecule has 3 nitrogen and oxygen atoms in total. The van der Waals surface area contributed by atoms with Gasteiger partial charge in [-0.3, -0.25) is 4.98 Å². The Kier molecular flexibility index (Phi) is 2.47. The molecule has 80 valence electrons. The minimum atomic E-state index is 0.442. The summed E-state index contributed by atoms with van der Waals surface area (Å²) in [7, 11) is 0. The van der Waals surface area contributed by atoms with Gasteiger partial charge in [0.15, 0.2) is 0 Å². The van der Waals surface area contributed by atoms with Crippen molar-refractivity contribution in [1.82, 2.24) is 14.5 Å². The summed E-state index contributed by atoms with van der Waals surface area (Å²) < 4.78 is 2.18. The molecule has 2 aromatic heterocycles. The van der Waals surface area contributed by atoms with E-state index in [2.05, 4.69) is 48.3 Å². The molecule has 0 N–H and O–H groups in total. The van der Waals surface area contributed by atoms with Crippen molar-refractivity contribution in [2.75, 3.05) is 0 Å². The van der Waals surface area contributed by atoms with Crippen molar-refractivity contribution in [2.45, 2.75) is 39.7 Å². The van der Waals surface area contributed by atoms with Crippen LogP contribution in [0, 0.1) is 0 Å². The summed E-state index contributed by atoms with van der Waals surface area (Å²) in [6.45, 7) is 8.64. The summed E-state index contributed by atoms with van der Waals surface area (Å²) in [5.41, 5.74) is 3.29. The molecule has 0 spiro atoms. The molecule has 0 aliphatic carbocycles. The Labute approximate surface area is 90.2 Å². The van der Waals surface area contributed by atoms with Crippen molar-refractivity contribution >= 4 is 11.0 Å². The number of nitrogens with zero attached hydrogens (tertiary/aromatic N) is 3. The van der Waals surface area contributed by atoms with Crippen LogP contribution in [0.15, 0.2) is 18.6 Å². The summed E-state index contributed by atoms with van der Waals surface area (Å²) in [6, 6.07) is 2.59. The minimum absolute atomic E-state index is 0.442. The van der Waals surface area contributed by atoms with Crippen LogP contribution < -0.4 is 0 Å². The lowest BCUT2D eigenvalue weighted by atomic mass is 10.1. The SMILES string of the molecule is CC(C)c1cc2c(cn1)ncn2C(C)C. The molecule has 0 aliphatic heterocycles. The molecule has 0 aliphatic rings. The van der Waals surface area contributed by atoms with Gasteiger partial charge in [0.2, 0.25) is 0 Å². The first-order chi connectivity index (χ1) is 7.09. The smallest absolute Gasteiger partial charge is 0.107 e. The van der Waals surface area contributed by atoms with Gasteiger partial charge in [0, 0.05) is 11.7 Å². The summed E-state index contributed by atoms with van der Waals surface area (Å²) in [4.78, 5) is 8.74. The maximum absolute atomic E-state index is 4.40. The van der Waals surface area contributed by atoms with Crippen LogP contribution in [0.5, 0.6) is 0 Å². The maximum atomic E-state index is 4.40. The Balaban J connectivity index is 2.61. The predicted molar refractivity (Wildman–Crippen MR) is 62.0 cm³/mol. The van der Waals surface area contributed by atoms with Gasteiger partial charge in [0.25, 0.3) is 0 Å². The maximum Gasteiger partial charge on any atom is 0.107 e. The van der Waals surface area contributed by atoms with Crippen molar-refractivity contribution in [3.63, 3.8) is 0 Å². The molecule has 0 atom stereocenters. The van der Waals surface area contributed by atoms with Gasteiger partial charge in [0.05, 0.1) is 18.0 Å². The monoisotopic (exact) mass is 203 g/mol. The molecule has 2 heterocycles. The molecule has 0 fully saturated rings. The molecular weight excluding hydrogens is 186 g/mol. The highest BCUT2D eigenvalue weighted by Gasteiger charge is 2.08. The van der Waals surface area contributed by atoms with E-state index in [4.69, 9.17) is 0 Å². The Bertz CT molecular complexity index is 469. The fourth-order valence-electron chi connectivity index (χ4n) is 1.67. The molecule has 0 saturated carbocycles. The molecule has 0 amide bonds. The fraction of sp³-hybridized carbons (Fsp3) is 0.500. The second-order valence-corrected chi connectivity index (χ2v) is 4.50. The van der Waals surface area contributed by atoms with E-state index in [0.717, 1.165) is 11.2 Å². The van der Waals surface area contributed by atoms with Crippen molar-refractivity contribution in [3.05, 3.63) is 24.3 Å². The van der Waals surface area contributed by atoms with Crippen LogP contribution in [0.25, 0.3) is 11.0 Å². The van der Waals surface area contributed by atoms with Gasteiger partial charge < -0.3 is 4.57 Å². The molecule has 2 aromatic rings. The average molecular weight is 203 g/mol. The topological polar surface area (TPSA) is 30.7 Å². The van der Waals surface area contributed by atoms with E-state index in [9.17, 15) is 0 Å². The minimum Gasteiger partial charge on any atom is -0.328 e. The molecule has 0 unspecified atom stereocenters. The van der Waals surface area contributed by atoms with Crippen molar-refractivity contribution in [2.24, 2.45) is 0 Å². The largest absolute Gasteiger partial charge is 0.328 e. The van der Waals surface area contributed by atoms with Gasteiger partial charge in [-0.1, -0.05) is 13.8 Å². The number of fused-ring (bicyclic) bond motifs is 1. The number of aromatic nitrogens is 3. The Hall–Kier alpha value is -1.38. The van der Waals surface area contributed by atoms with E-state index < -0.39 is 0 Å². The quantitative estimate of drug-likeness (QED) is 0.750. The van der Waals surface area contributed by atoms with Crippen molar-refractivity contribution in [3.8, 4) is 0 Å². The third kappa shape index (κ3) is 1.74. The first-order valence-corrected chi connectivity index (χ1v) is 5.42. The van der Waals surface area contributed by atoms with E-state index in [1.807, 2.05) is 12.5 Å². The lowest BCUT2D eigenvalue weighted by molar-refractivity contribution is 0.617. The second-order valence-electron chi connectivity index (χ2n) is 4.50. The zero-order chi connectivity index (χ0) is 11.0. The van der Waals surface area contributed by atoms with Crippen LogP contribution in [0.3, 0.4) is 0 Å². The van der Waals surface area contributed by atoms with Gasteiger partial charge in [-0.2, -0.15) is 0 Å². The van der Waals surface area contributed by atoms with Crippen LogP contribution in [0.4, 0.5) is 0 Å². The van der Waals surface area contributed by atoms with E-state index in [1.54, 1.807) is 0 Å². The summed E-state index contributed by atoms with van der Waals surface area (Å²) in [5, 5.41) is 0. The zero-order valence-corrected chi connectivity index (χ0v) is 9.73. The normalized spacial score (nSPS) is 11.9. The fourth-order valence-corrected chi connectivity index (χ4v) is 1.67. The highest BCUT2D eigenvalue weighted by molar-refractivity contribution is 5.74. The molecule has 0 radical (unpaired) electrons. The third-order valence-corrected chi connectivity index (χ3v) is 2.63. The first-order valence-electron chi connectivity index (χ1n) is 5.42. The molecule has 3 heteroatoms. The Morgan fingerprint density at radius 1 is 1.13 bits per heavy atom. The summed E-state index contributed by atoms with van der Waals surface area (Å²) in [5.74, 6) is 0.463. The first kappa shape index (κ1) is 10.1. The van der Waals surface area contributed by atoms with Crippen molar-refractivity contribution < 1.29 is 0 Å². The highest BCUT2D eigenvalue weighted by Crippen LogP contribution is 2.20. The number of hydrogen-bond donors (Lipinski definition) is 0. The second kappa shape index (κ2) is 3.65. The van der Waals surface area contributed by atoms with Crippen LogP contribution in [0.1, 0.15) is 45.3 Å². The highest BCUT2D eigenvalue weighted by atomic mass is 15.1. The van der Waals surface area contributed by atoms with Crippen LogP contribution in [-0.2, 0) is 0 Å². The summed E-state index contributed by atoms with van der Waals surface area (Å²) >= 11 is 0. The molecule has 0 saturated heterocycles. The average Bonchev–Trinajstić information content (AvgIpc) is 2.59. The van der Waals surface area contributed by atoms with Gasteiger partial charge in [-0.05, 0) is 25.8 Å². The van der Waals surface area contributed by atoms with E-state index in [1.165, 1.54) is 5.52 Å². The molecule has 0 aromatic carbocycles. The van der Waals surface area contributed by atoms with E-state index in [0.29, 0.717) is 12.0 Å². The van der Waals surface area contributed by atoms with Crippen LogP contribution >= 0.6 is 0 Å². The lowest BCUT2D eigenvalue weighted by Gasteiger charge is -2.09. The van der Waals surface area contributed by atoms with Gasteiger partial charge in [-0.25, -0.2) is 4.98 Å². The number of pyridine rings is 1. The molecule has 2 rings (SSSR count). The zero-order valence-electron chi connectivity index (χ0n) is 9.73. The van der Waals surface area contributed by atoms with Gasteiger partial charge in [0.1, 0.15) is 5.52 Å². The van der Waals surface area contributed by atoms with Crippen LogP contribution in [0.2, 0.25) is 0 Å².